The van der Waals surface area contributed by atoms with Crippen molar-refractivity contribution >= 4 is 97.5 Å². The minimum Gasteiger partial charge on any atom is -0.359 e. The maximum Gasteiger partial charge on any atom is 0.178 e. The van der Waals surface area contributed by atoms with Crippen LogP contribution in [0.15, 0.2) is 274 Å². The number of benzene rings is 8. The monoisotopic (exact) mass is 1460 g/mol. The highest BCUT2D eigenvalue weighted by Gasteiger charge is 2.40. The molecule has 0 bridgehead atoms. The standard InChI is InChI=1S/C19H18N4.C16H18N2.2C15H17N3.C14H16N4.C12H16N2/c1-14-8-6-7-11-17(14)23-15(2)22(16-9-4-3-5-10-16)18-19(23)21-13-12-20-18;1-12-8-4-5-9-14(12)18-13(2)17(3)15-10-6-7-11-16(15)18;1-11-7-4-5-8-13(11)18-12(2)17(3)15-14(18)9-6-10-16-15;1-11-7-4-5-8-13(11)18-12(2)17(3)14-9-6-10-16-15(14)18;1-10-6-4-5-7-12(10)18-11(2)17(3)13-14(18)16-9-8-15-13;1-10-6-4-5-7-12(10)14-9-8-13(3)11(14)2/h3-13,15H,1-2H3;4-11,13H,1-3H3;2*4-10,12H,1-3H3;4-9,11H,1-3H3;4-9,11H,1-3H3/t15-;13-;2*12-;2*11-/m000000/s1/i;5*3D3. The lowest BCUT2D eigenvalue weighted by Crippen LogP contribution is -2.36. The molecular formula is C91H102N18. The molecule has 109 heavy (non-hydrogen) atoms. The number of aromatic nitrogens is 6. The molecule has 6 aliphatic rings. The number of aryl methyl sites for hydroxylation is 6. The number of pyridine rings is 2. The van der Waals surface area contributed by atoms with Gasteiger partial charge in [-0.25, -0.2) is 29.9 Å². The van der Waals surface area contributed by atoms with Crippen molar-refractivity contribution in [3.63, 3.8) is 0 Å². The molecule has 0 aliphatic carbocycles. The van der Waals surface area contributed by atoms with E-state index in [2.05, 4.69) is 107 Å². The van der Waals surface area contributed by atoms with E-state index in [0.717, 1.165) is 90.6 Å². The molecule has 0 saturated heterocycles. The third-order valence-corrected chi connectivity index (χ3v) is 20.4. The van der Waals surface area contributed by atoms with Crippen LogP contribution < -0.4 is 53.9 Å². The Morgan fingerprint density at radius 2 is 0.550 bits per heavy atom. The van der Waals surface area contributed by atoms with E-state index < -0.39 is 34.9 Å². The second kappa shape index (κ2) is 32.7. The van der Waals surface area contributed by atoms with Crippen LogP contribution in [-0.4, -0.2) is 107 Å². The number of rotatable bonds is 7. The molecule has 6 atom stereocenters. The summed E-state index contributed by atoms with van der Waals surface area (Å²) in [4.78, 5) is 48.0. The van der Waals surface area contributed by atoms with Crippen LogP contribution in [-0.2, 0) is 0 Å². The second-order valence-electron chi connectivity index (χ2n) is 27.2. The molecule has 0 saturated carbocycles. The zero-order valence-corrected chi connectivity index (χ0v) is 63.5. The molecule has 0 radical (unpaired) electrons. The summed E-state index contributed by atoms with van der Waals surface area (Å²) < 4.78 is 116. The summed E-state index contributed by atoms with van der Waals surface area (Å²) in [6.07, 6.45) is 12.0. The largest absolute Gasteiger partial charge is 0.359 e. The second-order valence-corrected chi connectivity index (χ2v) is 27.2. The number of hydrogen-bond donors (Lipinski definition) is 0. The molecule has 18 nitrogen and oxygen atoms in total. The molecule has 10 heterocycles. The Labute approximate surface area is 666 Å². The summed E-state index contributed by atoms with van der Waals surface area (Å²) in [5.74, 6) is 3.97. The van der Waals surface area contributed by atoms with Crippen LogP contribution in [0.2, 0.25) is 0 Å². The van der Waals surface area contributed by atoms with Crippen LogP contribution >= 0.6 is 0 Å². The Morgan fingerprint density at radius 1 is 0.229 bits per heavy atom. The van der Waals surface area contributed by atoms with E-state index in [0.29, 0.717) is 29.0 Å². The molecule has 4 aromatic heterocycles. The van der Waals surface area contributed by atoms with E-state index in [1.54, 1.807) is 43.3 Å². The van der Waals surface area contributed by atoms with Crippen molar-refractivity contribution in [2.45, 2.75) is 120 Å². The number of fused-ring (bicyclic) bond motifs is 5. The summed E-state index contributed by atoms with van der Waals surface area (Å²) in [5, 5.41) is 0. The van der Waals surface area contributed by atoms with E-state index in [1.165, 1.54) is 41.9 Å². The summed E-state index contributed by atoms with van der Waals surface area (Å²) >= 11 is 0. The van der Waals surface area contributed by atoms with Gasteiger partial charge in [-0.1, -0.05) is 140 Å². The molecule has 18 rings (SSSR count). The van der Waals surface area contributed by atoms with Gasteiger partial charge in [0.2, 0.25) is 0 Å². The molecule has 6 aliphatic heterocycles. The summed E-state index contributed by atoms with van der Waals surface area (Å²) in [7, 11) is 0. The topological polar surface area (TPSA) is 116 Å². The maximum absolute atomic E-state index is 7.83. The first-order valence-electron chi connectivity index (χ1n) is 44.0. The molecule has 0 N–H and O–H groups in total. The average molecular weight is 1460 g/mol. The van der Waals surface area contributed by atoms with Gasteiger partial charge in [0.1, 0.15) is 37.0 Å². The molecule has 0 unspecified atom stereocenters. The van der Waals surface area contributed by atoms with E-state index in [-0.39, 0.29) is 37.0 Å². The Morgan fingerprint density at radius 3 is 1.03 bits per heavy atom. The summed E-state index contributed by atoms with van der Waals surface area (Å²) in [5.41, 5.74) is 17.2. The van der Waals surface area contributed by atoms with Crippen molar-refractivity contribution in [1.82, 2.24) is 34.8 Å². The normalized spacial score (nSPS) is 20.7. The van der Waals surface area contributed by atoms with Gasteiger partial charge < -0.3 is 58.8 Å². The predicted molar refractivity (Wildman–Crippen MR) is 455 cm³/mol. The zero-order chi connectivity index (χ0) is 89.2. The average Bonchev–Trinajstić information content (AvgIpc) is 1.60. The van der Waals surface area contributed by atoms with E-state index in [1.807, 2.05) is 265 Å². The first-order valence-corrected chi connectivity index (χ1v) is 36.5. The van der Waals surface area contributed by atoms with E-state index in [9.17, 15) is 0 Å². The van der Waals surface area contributed by atoms with Crippen LogP contribution in [0.5, 0.6) is 0 Å². The highest BCUT2D eigenvalue weighted by Crippen LogP contribution is 2.49. The van der Waals surface area contributed by atoms with Crippen molar-refractivity contribution < 1.29 is 20.6 Å². The Balaban J connectivity index is 0.000000128. The molecule has 8 aromatic carbocycles. The van der Waals surface area contributed by atoms with Gasteiger partial charge in [0.25, 0.3) is 0 Å². The van der Waals surface area contributed by atoms with Crippen LogP contribution in [0.25, 0.3) is 0 Å². The fourth-order valence-corrected chi connectivity index (χ4v) is 14.5. The minimum atomic E-state index is -2.26. The van der Waals surface area contributed by atoms with Crippen molar-refractivity contribution in [2.24, 2.45) is 0 Å². The number of anilines is 17. The fraction of sp³-hybridized carbons (Fsp3) is 0.253. The van der Waals surface area contributed by atoms with Crippen molar-refractivity contribution in [3.05, 3.63) is 307 Å². The maximum atomic E-state index is 7.83. The quantitative estimate of drug-likeness (QED) is 0.151. The van der Waals surface area contributed by atoms with Gasteiger partial charge in [0.15, 0.2) is 34.9 Å². The van der Waals surface area contributed by atoms with Gasteiger partial charge in [-0.3, -0.25) is 0 Å². The first kappa shape index (κ1) is 57.8. The van der Waals surface area contributed by atoms with E-state index in [4.69, 9.17) is 20.6 Å². The molecule has 12 aromatic rings. The van der Waals surface area contributed by atoms with Gasteiger partial charge in [-0.2, -0.15) is 0 Å². The highest BCUT2D eigenvalue weighted by atomic mass is 15.5. The van der Waals surface area contributed by atoms with Gasteiger partial charge in [0.05, 0.1) is 22.7 Å². The van der Waals surface area contributed by atoms with Crippen molar-refractivity contribution in [2.75, 3.05) is 88.8 Å². The Hall–Kier alpha value is -12.4. The number of hydrogen-bond acceptors (Lipinski definition) is 18. The molecule has 0 spiro atoms. The molecular weight excluding hydrogens is 1350 g/mol. The zero-order valence-electron chi connectivity index (χ0n) is 78.5. The Bertz CT molecular complexity index is 5270. The molecule has 18 heteroatoms. The molecule has 556 valence electrons. The Kier molecular flexibility index (Phi) is 17.3. The summed E-state index contributed by atoms with van der Waals surface area (Å²) in [6.45, 7) is 12.9. The number of nitrogens with zero attached hydrogens (tertiary/aromatic N) is 18. The van der Waals surface area contributed by atoms with Crippen molar-refractivity contribution in [1.29, 1.82) is 0 Å². The van der Waals surface area contributed by atoms with Crippen LogP contribution in [0.3, 0.4) is 0 Å². The van der Waals surface area contributed by atoms with Gasteiger partial charge in [-0.15, -0.1) is 0 Å². The third-order valence-electron chi connectivity index (χ3n) is 20.4. The summed E-state index contributed by atoms with van der Waals surface area (Å²) in [6, 6.07) is 73.5. The van der Waals surface area contributed by atoms with Crippen molar-refractivity contribution in [3.8, 4) is 0 Å². The lowest BCUT2D eigenvalue weighted by atomic mass is 10.1. The van der Waals surface area contributed by atoms with E-state index >= 15 is 0 Å². The highest BCUT2D eigenvalue weighted by molar-refractivity contribution is 5.87. The van der Waals surface area contributed by atoms with Crippen LogP contribution in [0.1, 0.15) is 95.5 Å². The fourth-order valence-electron chi connectivity index (χ4n) is 14.5. The first-order chi connectivity index (χ1) is 58.8. The van der Waals surface area contributed by atoms with Crippen LogP contribution in [0, 0.1) is 41.5 Å². The molecule has 0 fully saturated rings. The predicted octanol–water partition coefficient (Wildman–Crippen LogP) is 20.3. The van der Waals surface area contributed by atoms with Gasteiger partial charge in [-0.05, 0) is 201 Å². The third kappa shape index (κ3) is 14.8. The van der Waals surface area contributed by atoms with Gasteiger partial charge >= 0.3 is 0 Å². The molecule has 0 amide bonds. The SMILES string of the molecule is Cc1ccccc1N1c2nccnc2N(c2ccccc2)[C@@H]1C.[2H]C([2H])([2H])N1C=CN(c2ccccc2C)[C@H]1C.[2H]C([2H])([2H])N1c2ccccc2N(c2ccccc2C)[C@H]1C.[2H]C([2H])([2H])N1c2cccnc2N(c2ccccc2C)[C@H]1C.[2H]C([2H])([2H])N1c2ncccc2N(c2ccccc2C)[C@H]1C.[2H]C([2H])([2H])N1c2nccnc2N(c2ccccc2C)[C@H]1C. The number of para-hydroxylation sites is 9. The van der Waals surface area contributed by atoms with Crippen LogP contribution in [0.4, 0.5) is 97.5 Å². The lowest BCUT2D eigenvalue weighted by molar-refractivity contribution is 0.383. The minimum absolute atomic E-state index is 0.107. The lowest BCUT2D eigenvalue weighted by Gasteiger charge is -2.30. The smallest absolute Gasteiger partial charge is 0.178 e. The van der Waals surface area contributed by atoms with Gasteiger partial charge in [0, 0.05) is 145 Å².